The Morgan fingerprint density at radius 3 is 2.86 bits per heavy atom. The fraction of sp³-hybridized carbons (Fsp3) is 0.500. The Morgan fingerprint density at radius 2 is 2.08 bits per heavy atom. The number of hydrogen-bond acceptors (Lipinski definition) is 5. The van der Waals surface area contributed by atoms with Crippen molar-refractivity contribution in [3.63, 3.8) is 0 Å². The average Bonchev–Trinajstić information content (AvgIpc) is 3.30. The van der Waals surface area contributed by atoms with E-state index in [2.05, 4.69) is 21.8 Å². The molecule has 1 saturated heterocycles. The standard InChI is InChI=1S/C30H40FNO4/c1-22-15-16-24(19-29(22)31)18-26-12-9-17-32(26)20-27(33)21-36-23(2)28-13-8-7-11-25(28)10-5-4-6-14-30(34)35-3/h5,7-8,10-11,13,15-16,19,23,26-27,33H,4,6,9,12,14,17-18,20-21H2,1-3H3/b10-5+/t23-,26+,27-/m1/s1. The van der Waals surface area contributed by atoms with Crippen molar-refractivity contribution in [1.82, 2.24) is 4.90 Å². The van der Waals surface area contributed by atoms with Crippen LogP contribution in [0.15, 0.2) is 48.5 Å². The molecule has 2 aromatic rings. The summed E-state index contributed by atoms with van der Waals surface area (Å²) >= 11 is 0. The van der Waals surface area contributed by atoms with Crippen LogP contribution < -0.4 is 0 Å². The number of esters is 1. The van der Waals surface area contributed by atoms with Crippen LogP contribution >= 0.6 is 0 Å². The molecule has 3 rings (SSSR count). The SMILES string of the molecule is COC(=O)CCC/C=C/c1ccccc1[C@@H](C)OC[C@H](O)CN1CCC[C@H]1Cc1ccc(C)c(F)c1. The first-order chi connectivity index (χ1) is 17.4. The maximum absolute atomic E-state index is 14.0. The normalized spacial score (nSPS) is 18.0. The molecule has 0 radical (unpaired) electrons. The van der Waals surface area contributed by atoms with Gasteiger partial charge in [-0.15, -0.1) is 0 Å². The minimum Gasteiger partial charge on any atom is -0.469 e. The molecule has 6 heteroatoms. The van der Waals surface area contributed by atoms with E-state index in [1.807, 2.05) is 43.3 Å². The Hall–Kier alpha value is -2.54. The third-order valence-electron chi connectivity index (χ3n) is 6.90. The molecular formula is C30H40FNO4. The second-order valence-corrected chi connectivity index (χ2v) is 9.71. The summed E-state index contributed by atoms with van der Waals surface area (Å²) in [5.74, 6) is -0.343. The largest absolute Gasteiger partial charge is 0.469 e. The molecule has 0 saturated carbocycles. The summed E-state index contributed by atoms with van der Waals surface area (Å²) in [4.78, 5) is 13.6. The van der Waals surface area contributed by atoms with E-state index in [4.69, 9.17) is 4.74 Å². The Kier molecular flexibility index (Phi) is 11.1. The molecule has 5 nitrogen and oxygen atoms in total. The first-order valence-corrected chi connectivity index (χ1v) is 13.0. The number of aryl methyl sites for hydroxylation is 1. The summed E-state index contributed by atoms with van der Waals surface area (Å²) in [6.07, 6.45) is 8.26. The lowest BCUT2D eigenvalue weighted by molar-refractivity contribution is -0.140. The highest BCUT2D eigenvalue weighted by Gasteiger charge is 2.27. The molecule has 36 heavy (non-hydrogen) atoms. The zero-order valence-electron chi connectivity index (χ0n) is 21.8. The molecule has 196 valence electrons. The third-order valence-corrected chi connectivity index (χ3v) is 6.90. The third kappa shape index (κ3) is 8.54. The van der Waals surface area contributed by atoms with E-state index in [-0.39, 0.29) is 24.5 Å². The predicted octanol–water partition coefficient (Wildman–Crippen LogP) is 5.64. The fourth-order valence-electron chi connectivity index (χ4n) is 4.78. The lowest BCUT2D eigenvalue weighted by Crippen LogP contribution is -2.39. The van der Waals surface area contributed by atoms with Crippen LogP contribution in [0, 0.1) is 12.7 Å². The molecule has 2 aromatic carbocycles. The van der Waals surface area contributed by atoms with E-state index >= 15 is 0 Å². The highest BCUT2D eigenvalue weighted by atomic mass is 19.1. The van der Waals surface area contributed by atoms with Gasteiger partial charge in [0.1, 0.15) is 5.82 Å². The number of aliphatic hydroxyl groups excluding tert-OH is 1. The highest BCUT2D eigenvalue weighted by Crippen LogP contribution is 2.25. The number of carbonyl (C=O) groups excluding carboxylic acids is 1. The Morgan fingerprint density at radius 1 is 1.28 bits per heavy atom. The quantitative estimate of drug-likeness (QED) is 0.287. The monoisotopic (exact) mass is 497 g/mol. The molecule has 1 aliphatic rings. The number of benzene rings is 2. The van der Waals surface area contributed by atoms with Gasteiger partial charge in [0.2, 0.25) is 0 Å². The van der Waals surface area contributed by atoms with E-state index < -0.39 is 6.10 Å². The molecule has 0 amide bonds. The zero-order chi connectivity index (χ0) is 25.9. The average molecular weight is 498 g/mol. The minimum atomic E-state index is -0.594. The lowest BCUT2D eigenvalue weighted by atomic mass is 10.0. The number of hydrogen-bond donors (Lipinski definition) is 1. The summed E-state index contributed by atoms with van der Waals surface area (Å²) < 4.78 is 24.7. The van der Waals surface area contributed by atoms with Crippen LogP contribution in [-0.4, -0.2) is 54.9 Å². The molecule has 0 unspecified atom stereocenters. The number of rotatable bonds is 13. The van der Waals surface area contributed by atoms with Crippen LogP contribution in [0.2, 0.25) is 0 Å². The van der Waals surface area contributed by atoms with Crippen molar-refractivity contribution in [2.75, 3.05) is 26.8 Å². The van der Waals surface area contributed by atoms with E-state index in [9.17, 15) is 14.3 Å². The second kappa shape index (κ2) is 14.3. The van der Waals surface area contributed by atoms with E-state index in [1.165, 1.54) is 7.11 Å². The number of methoxy groups -OCH3 is 1. The number of carbonyl (C=O) groups is 1. The van der Waals surface area contributed by atoms with Gasteiger partial charge in [0.05, 0.1) is 25.9 Å². The smallest absolute Gasteiger partial charge is 0.305 e. The molecule has 0 spiro atoms. The van der Waals surface area contributed by atoms with Gasteiger partial charge in [0.15, 0.2) is 0 Å². The number of unbranched alkanes of at least 4 members (excludes halogenated alkanes) is 1. The second-order valence-electron chi connectivity index (χ2n) is 9.71. The number of halogens is 1. The topological polar surface area (TPSA) is 59.0 Å². The van der Waals surface area contributed by atoms with Crippen molar-refractivity contribution < 1.29 is 23.8 Å². The number of nitrogens with zero attached hydrogens (tertiary/aromatic N) is 1. The van der Waals surface area contributed by atoms with Gasteiger partial charge in [-0.2, -0.15) is 0 Å². The molecule has 1 N–H and O–H groups in total. The van der Waals surface area contributed by atoms with Gasteiger partial charge in [-0.25, -0.2) is 4.39 Å². The number of likely N-dealkylation sites (tertiary alicyclic amines) is 1. The number of allylic oxidation sites excluding steroid dienone is 1. The Bertz CT molecular complexity index is 1010. The Balaban J connectivity index is 1.48. The van der Waals surface area contributed by atoms with Crippen LogP contribution in [-0.2, 0) is 20.7 Å². The number of β-amino-alcohol motifs (C(OH)–C–C–N with tert-alkyl or cyclic N) is 1. The predicted molar refractivity (Wildman–Crippen MR) is 141 cm³/mol. The molecular weight excluding hydrogens is 457 g/mol. The molecule has 0 aromatic heterocycles. The summed E-state index contributed by atoms with van der Waals surface area (Å²) in [5, 5.41) is 10.7. The van der Waals surface area contributed by atoms with Gasteiger partial charge in [-0.1, -0.05) is 48.6 Å². The van der Waals surface area contributed by atoms with E-state index in [0.717, 1.165) is 55.3 Å². The van der Waals surface area contributed by atoms with Gasteiger partial charge in [-0.3, -0.25) is 9.69 Å². The first-order valence-electron chi connectivity index (χ1n) is 13.0. The highest BCUT2D eigenvalue weighted by molar-refractivity contribution is 5.69. The molecule has 3 atom stereocenters. The van der Waals surface area contributed by atoms with Crippen LogP contribution in [0.25, 0.3) is 6.08 Å². The number of ether oxygens (including phenoxy) is 2. The fourth-order valence-corrected chi connectivity index (χ4v) is 4.78. The summed E-state index contributed by atoms with van der Waals surface area (Å²) in [7, 11) is 1.41. The van der Waals surface area contributed by atoms with Gasteiger partial charge >= 0.3 is 5.97 Å². The maximum Gasteiger partial charge on any atom is 0.305 e. The first kappa shape index (κ1) is 28.0. The van der Waals surface area contributed by atoms with Crippen molar-refractivity contribution in [1.29, 1.82) is 0 Å². The summed E-state index contributed by atoms with van der Waals surface area (Å²) in [5.41, 5.74) is 3.81. The van der Waals surface area contributed by atoms with Crippen LogP contribution in [0.1, 0.15) is 67.4 Å². The van der Waals surface area contributed by atoms with Crippen molar-refractivity contribution in [2.45, 2.75) is 70.6 Å². The molecule has 0 bridgehead atoms. The van der Waals surface area contributed by atoms with Crippen molar-refractivity contribution in [3.8, 4) is 0 Å². The van der Waals surface area contributed by atoms with Crippen molar-refractivity contribution in [2.24, 2.45) is 0 Å². The molecule has 0 aliphatic carbocycles. The van der Waals surface area contributed by atoms with E-state index in [1.54, 1.807) is 13.0 Å². The van der Waals surface area contributed by atoms with Gasteiger partial charge in [0.25, 0.3) is 0 Å². The van der Waals surface area contributed by atoms with Gasteiger partial charge in [0, 0.05) is 19.0 Å². The minimum absolute atomic E-state index is 0.157. The summed E-state index contributed by atoms with van der Waals surface area (Å²) in [6, 6.07) is 13.9. The zero-order valence-corrected chi connectivity index (χ0v) is 21.8. The van der Waals surface area contributed by atoms with Crippen LogP contribution in [0.3, 0.4) is 0 Å². The van der Waals surface area contributed by atoms with Crippen molar-refractivity contribution >= 4 is 12.0 Å². The maximum atomic E-state index is 14.0. The molecule has 1 fully saturated rings. The summed E-state index contributed by atoms with van der Waals surface area (Å²) in [6.45, 7) is 5.52. The van der Waals surface area contributed by atoms with Gasteiger partial charge in [-0.05, 0) is 80.8 Å². The van der Waals surface area contributed by atoms with E-state index in [0.29, 0.717) is 24.6 Å². The Labute approximate surface area is 214 Å². The lowest BCUT2D eigenvalue weighted by Gasteiger charge is -2.27. The van der Waals surface area contributed by atoms with Crippen LogP contribution in [0.5, 0.6) is 0 Å². The van der Waals surface area contributed by atoms with Crippen molar-refractivity contribution in [3.05, 3.63) is 76.6 Å². The number of aliphatic hydroxyl groups is 1. The molecule has 1 heterocycles. The molecule has 1 aliphatic heterocycles. The van der Waals surface area contributed by atoms with Crippen LogP contribution in [0.4, 0.5) is 4.39 Å². The van der Waals surface area contributed by atoms with Gasteiger partial charge < -0.3 is 14.6 Å².